The van der Waals surface area contributed by atoms with Crippen LogP contribution in [-0.2, 0) is 0 Å². The zero-order valence-corrected chi connectivity index (χ0v) is 13.2. The molecule has 94 valence electrons. The molecular weight excluding hydrogens is 357 g/mol. The van der Waals surface area contributed by atoms with Gasteiger partial charge in [-0.3, -0.25) is 0 Å². The number of aromatic nitrogens is 2. The van der Waals surface area contributed by atoms with Crippen molar-refractivity contribution in [3.8, 4) is 0 Å². The van der Waals surface area contributed by atoms with Crippen LogP contribution in [0.5, 0.6) is 0 Å². The third kappa shape index (κ3) is 3.09. The van der Waals surface area contributed by atoms with E-state index in [4.69, 9.17) is 23.2 Å². The molecule has 0 radical (unpaired) electrons. The van der Waals surface area contributed by atoms with E-state index in [0.29, 0.717) is 10.0 Å². The second-order valence-electron chi connectivity index (χ2n) is 3.27. The van der Waals surface area contributed by atoms with Crippen molar-refractivity contribution < 1.29 is 0 Å². The van der Waals surface area contributed by atoms with Crippen LogP contribution in [0.15, 0.2) is 38.9 Å². The predicted octanol–water partition coefficient (Wildman–Crippen LogP) is 4.74. The SMILES string of the molecule is CNc1ncnc(Sc2ccc(Cl)c(Cl)c2)c1Br. The van der Waals surface area contributed by atoms with E-state index < -0.39 is 0 Å². The van der Waals surface area contributed by atoms with E-state index in [0.717, 1.165) is 20.2 Å². The normalized spacial score (nSPS) is 10.4. The van der Waals surface area contributed by atoms with Crippen LogP contribution in [0.3, 0.4) is 0 Å². The summed E-state index contributed by atoms with van der Waals surface area (Å²) in [6.07, 6.45) is 1.51. The van der Waals surface area contributed by atoms with Crippen molar-refractivity contribution in [3.05, 3.63) is 39.0 Å². The van der Waals surface area contributed by atoms with Crippen LogP contribution < -0.4 is 5.32 Å². The molecule has 0 bridgehead atoms. The quantitative estimate of drug-likeness (QED) is 0.798. The summed E-state index contributed by atoms with van der Waals surface area (Å²) in [6.45, 7) is 0. The molecule has 0 amide bonds. The molecule has 2 aromatic rings. The van der Waals surface area contributed by atoms with Gasteiger partial charge in [0.05, 0.1) is 14.5 Å². The van der Waals surface area contributed by atoms with Crippen LogP contribution in [-0.4, -0.2) is 17.0 Å². The fourth-order valence-electron chi connectivity index (χ4n) is 1.25. The fraction of sp³-hybridized carbons (Fsp3) is 0.0909. The summed E-state index contributed by atoms with van der Waals surface area (Å²) < 4.78 is 0.823. The van der Waals surface area contributed by atoms with E-state index in [2.05, 4.69) is 31.2 Å². The monoisotopic (exact) mass is 363 g/mol. The number of halogens is 3. The molecule has 0 aliphatic heterocycles. The van der Waals surface area contributed by atoms with Gasteiger partial charge in [0.25, 0.3) is 0 Å². The summed E-state index contributed by atoms with van der Waals surface area (Å²) in [4.78, 5) is 9.29. The number of nitrogens with one attached hydrogen (secondary N) is 1. The Morgan fingerprint density at radius 3 is 2.67 bits per heavy atom. The number of hydrogen-bond donors (Lipinski definition) is 1. The highest BCUT2D eigenvalue weighted by atomic mass is 79.9. The Morgan fingerprint density at radius 1 is 1.22 bits per heavy atom. The summed E-state index contributed by atoms with van der Waals surface area (Å²) in [5.74, 6) is 0.743. The summed E-state index contributed by atoms with van der Waals surface area (Å²) in [6, 6.07) is 5.47. The van der Waals surface area contributed by atoms with Gasteiger partial charge in [0, 0.05) is 11.9 Å². The molecule has 3 nitrogen and oxygen atoms in total. The molecule has 0 atom stereocenters. The van der Waals surface area contributed by atoms with Crippen LogP contribution in [0.25, 0.3) is 0 Å². The van der Waals surface area contributed by atoms with Crippen LogP contribution in [0.1, 0.15) is 0 Å². The Balaban J connectivity index is 2.31. The van der Waals surface area contributed by atoms with Gasteiger partial charge in [-0.25, -0.2) is 9.97 Å². The van der Waals surface area contributed by atoms with Gasteiger partial charge in [-0.15, -0.1) is 0 Å². The Hall–Kier alpha value is -0.490. The maximum Gasteiger partial charge on any atom is 0.144 e. The van der Waals surface area contributed by atoms with Crippen molar-refractivity contribution in [2.75, 3.05) is 12.4 Å². The molecule has 1 heterocycles. The molecule has 0 saturated heterocycles. The highest BCUT2D eigenvalue weighted by molar-refractivity contribution is 9.10. The fourth-order valence-corrected chi connectivity index (χ4v) is 3.08. The number of rotatable bonds is 3. The lowest BCUT2D eigenvalue weighted by Crippen LogP contribution is -1.96. The Bertz CT molecular complexity index is 580. The van der Waals surface area contributed by atoms with Gasteiger partial charge in [0.15, 0.2) is 0 Å². The van der Waals surface area contributed by atoms with Crippen LogP contribution >= 0.6 is 50.9 Å². The van der Waals surface area contributed by atoms with Crippen LogP contribution in [0, 0.1) is 0 Å². The third-order valence-electron chi connectivity index (χ3n) is 2.10. The first-order chi connectivity index (χ1) is 8.61. The second-order valence-corrected chi connectivity index (χ2v) is 5.94. The third-order valence-corrected chi connectivity index (χ3v) is 4.85. The molecule has 0 saturated carbocycles. The van der Waals surface area contributed by atoms with E-state index in [1.54, 1.807) is 13.1 Å². The minimum Gasteiger partial charge on any atom is -0.372 e. The standard InChI is InChI=1S/C11H8BrCl2N3S/c1-15-10-9(12)11(17-5-16-10)18-6-2-3-7(13)8(14)4-6/h2-5H,1H3,(H,15,16,17). The van der Waals surface area contributed by atoms with E-state index in [-0.39, 0.29) is 0 Å². The molecule has 1 aromatic heterocycles. The lowest BCUT2D eigenvalue weighted by molar-refractivity contribution is 1.03. The van der Waals surface area contributed by atoms with Gasteiger partial charge < -0.3 is 5.32 Å². The maximum absolute atomic E-state index is 5.98. The summed E-state index contributed by atoms with van der Waals surface area (Å²) in [7, 11) is 1.81. The number of hydrogen-bond acceptors (Lipinski definition) is 4. The van der Waals surface area contributed by atoms with Crippen molar-refractivity contribution in [1.29, 1.82) is 0 Å². The Labute approximate surface area is 127 Å². The highest BCUT2D eigenvalue weighted by Crippen LogP contribution is 2.36. The van der Waals surface area contributed by atoms with Crippen molar-refractivity contribution in [3.63, 3.8) is 0 Å². The number of nitrogens with zero attached hydrogens (tertiary/aromatic N) is 2. The van der Waals surface area contributed by atoms with E-state index >= 15 is 0 Å². The Morgan fingerprint density at radius 2 is 2.00 bits per heavy atom. The molecule has 1 N–H and O–H groups in total. The molecule has 0 aliphatic rings. The van der Waals surface area contributed by atoms with Gasteiger partial charge in [-0.2, -0.15) is 0 Å². The van der Waals surface area contributed by atoms with Crippen LogP contribution in [0.4, 0.5) is 5.82 Å². The lowest BCUT2D eigenvalue weighted by Gasteiger charge is -2.07. The molecule has 7 heteroatoms. The molecule has 0 unspecified atom stereocenters. The average Bonchev–Trinajstić information content (AvgIpc) is 2.36. The lowest BCUT2D eigenvalue weighted by atomic mass is 10.4. The van der Waals surface area contributed by atoms with Gasteiger partial charge in [-0.05, 0) is 34.1 Å². The topological polar surface area (TPSA) is 37.8 Å². The average molecular weight is 365 g/mol. The molecule has 2 rings (SSSR count). The van der Waals surface area contributed by atoms with Crippen molar-refractivity contribution in [2.45, 2.75) is 9.92 Å². The molecule has 18 heavy (non-hydrogen) atoms. The van der Waals surface area contributed by atoms with Crippen molar-refractivity contribution in [1.82, 2.24) is 9.97 Å². The van der Waals surface area contributed by atoms with Crippen LogP contribution in [0.2, 0.25) is 10.0 Å². The first-order valence-electron chi connectivity index (χ1n) is 4.93. The minimum atomic E-state index is 0.528. The summed E-state index contributed by atoms with van der Waals surface area (Å²) in [5, 5.41) is 4.87. The highest BCUT2D eigenvalue weighted by Gasteiger charge is 2.10. The second kappa shape index (κ2) is 6.10. The smallest absolute Gasteiger partial charge is 0.144 e. The molecule has 0 spiro atoms. The van der Waals surface area contributed by atoms with E-state index in [1.807, 2.05) is 12.1 Å². The van der Waals surface area contributed by atoms with Gasteiger partial charge in [0.2, 0.25) is 0 Å². The van der Waals surface area contributed by atoms with Crippen molar-refractivity contribution >= 4 is 56.7 Å². The summed E-state index contributed by atoms with van der Waals surface area (Å²) in [5.41, 5.74) is 0. The van der Waals surface area contributed by atoms with E-state index in [9.17, 15) is 0 Å². The van der Waals surface area contributed by atoms with Gasteiger partial charge >= 0.3 is 0 Å². The maximum atomic E-state index is 5.98. The van der Waals surface area contributed by atoms with E-state index in [1.165, 1.54) is 18.1 Å². The first kappa shape index (κ1) is 13.9. The molecular formula is C11H8BrCl2N3S. The largest absolute Gasteiger partial charge is 0.372 e. The van der Waals surface area contributed by atoms with Gasteiger partial charge in [0.1, 0.15) is 17.2 Å². The van der Waals surface area contributed by atoms with Crippen molar-refractivity contribution in [2.24, 2.45) is 0 Å². The zero-order valence-electron chi connectivity index (χ0n) is 9.25. The number of anilines is 1. The molecule has 0 fully saturated rings. The predicted molar refractivity (Wildman–Crippen MR) is 79.9 cm³/mol. The Kier molecular flexibility index (Phi) is 4.72. The zero-order chi connectivity index (χ0) is 13.1. The minimum absolute atomic E-state index is 0.528. The first-order valence-corrected chi connectivity index (χ1v) is 7.29. The van der Waals surface area contributed by atoms with Gasteiger partial charge in [-0.1, -0.05) is 35.0 Å². The number of benzene rings is 1. The molecule has 1 aromatic carbocycles. The molecule has 0 aliphatic carbocycles. The summed E-state index contributed by atoms with van der Waals surface area (Å²) >= 11 is 16.8.